The van der Waals surface area contributed by atoms with Crippen LogP contribution in [0.5, 0.6) is 0 Å². The highest BCUT2D eigenvalue weighted by molar-refractivity contribution is 6.04. The van der Waals surface area contributed by atoms with E-state index in [1.165, 1.54) is 17.0 Å². The van der Waals surface area contributed by atoms with E-state index in [1.807, 2.05) is 10.9 Å². The normalized spacial score (nSPS) is 17.4. The van der Waals surface area contributed by atoms with E-state index < -0.39 is 0 Å². The van der Waals surface area contributed by atoms with Gasteiger partial charge in [0.25, 0.3) is 5.91 Å². The molecule has 0 aliphatic carbocycles. The van der Waals surface area contributed by atoms with E-state index in [2.05, 4.69) is 10.4 Å². The van der Waals surface area contributed by atoms with E-state index in [9.17, 15) is 9.18 Å². The molecule has 0 radical (unpaired) electrons. The van der Waals surface area contributed by atoms with Crippen LogP contribution in [0.1, 0.15) is 29.4 Å². The standard InChI is InChI=1S/C16H19FN4O.ClH/c1-20(13-6-4-12(17)5-7-13)16(22)15-8-10-21(19-15)14-3-2-9-18-11-14;/h4-8,10,14,18H,2-3,9,11H2,1H3;1H. The molecule has 1 unspecified atom stereocenters. The Hall–Kier alpha value is -1.92. The molecule has 23 heavy (non-hydrogen) atoms. The van der Waals surface area contributed by atoms with Crippen LogP contribution in [0.25, 0.3) is 0 Å². The minimum atomic E-state index is -0.321. The fourth-order valence-electron chi connectivity index (χ4n) is 2.67. The van der Waals surface area contributed by atoms with Crippen molar-refractivity contribution in [3.63, 3.8) is 0 Å². The number of aromatic nitrogens is 2. The van der Waals surface area contributed by atoms with Gasteiger partial charge in [-0.2, -0.15) is 5.10 Å². The quantitative estimate of drug-likeness (QED) is 0.936. The van der Waals surface area contributed by atoms with Crippen molar-refractivity contribution in [3.8, 4) is 0 Å². The highest BCUT2D eigenvalue weighted by Gasteiger charge is 2.20. The molecule has 1 aromatic carbocycles. The molecule has 0 bridgehead atoms. The minimum Gasteiger partial charge on any atom is -0.315 e. The highest BCUT2D eigenvalue weighted by Crippen LogP contribution is 2.18. The second kappa shape index (κ2) is 7.57. The summed E-state index contributed by atoms with van der Waals surface area (Å²) in [5.74, 6) is -0.521. The molecule has 124 valence electrons. The summed E-state index contributed by atoms with van der Waals surface area (Å²) >= 11 is 0. The summed E-state index contributed by atoms with van der Waals surface area (Å²) in [6.45, 7) is 1.92. The molecule has 0 spiro atoms. The number of amides is 1. The predicted molar refractivity (Wildman–Crippen MR) is 89.7 cm³/mol. The van der Waals surface area contributed by atoms with Crippen LogP contribution >= 0.6 is 12.4 Å². The van der Waals surface area contributed by atoms with Crippen LogP contribution < -0.4 is 10.2 Å². The second-order valence-corrected chi connectivity index (χ2v) is 5.52. The third-order valence-electron chi connectivity index (χ3n) is 3.99. The average Bonchev–Trinajstić information content (AvgIpc) is 3.05. The molecular weight excluding hydrogens is 319 g/mol. The zero-order chi connectivity index (χ0) is 15.5. The zero-order valence-electron chi connectivity index (χ0n) is 12.9. The molecule has 3 rings (SSSR count). The van der Waals surface area contributed by atoms with Gasteiger partial charge in [0.15, 0.2) is 5.69 Å². The third-order valence-corrected chi connectivity index (χ3v) is 3.99. The van der Waals surface area contributed by atoms with Crippen LogP contribution in [0.4, 0.5) is 10.1 Å². The lowest BCUT2D eigenvalue weighted by atomic mass is 10.1. The maximum atomic E-state index is 13.0. The average molecular weight is 339 g/mol. The molecule has 1 aliphatic heterocycles. The van der Waals surface area contributed by atoms with Crippen molar-refractivity contribution in [2.24, 2.45) is 0 Å². The summed E-state index contributed by atoms with van der Waals surface area (Å²) in [7, 11) is 1.66. The highest BCUT2D eigenvalue weighted by atomic mass is 35.5. The molecular formula is C16H20ClFN4O. The van der Waals surface area contributed by atoms with Crippen molar-refractivity contribution in [2.75, 3.05) is 25.0 Å². The van der Waals surface area contributed by atoms with Crippen molar-refractivity contribution < 1.29 is 9.18 Å². The Labute approximate surface area is 140 Å². The van der Waals surface area contributed by atoms with Crippen molar-refractivity contribution in [1.29, 1.82) is 0 Å². The lowest BCUT2D eigenvalue weighted by Crippen LogP contribution is -2.32. The van der Waals surface area contributed by atoms with Gasteiger partial charge in [0.2, 0.25) is 0 Å². The number of piperidine rings is 1. The van der Waals surface area contributed by atoms with Crippen molar-refractivity contribution in [2.45, 2.75) is 18.9 Å². The smallest absolute Gasteiger partial charge is 0.278 e. The fraction of sp³-hybridized carbons (Fsp3) is 0.375. The number of anilines is 1. The molecule has 1 aromatic heterocycles. The van der Waals surface area contributed by atoms with Gasteiger partial charge in [-0.3, -0.25) is 9.48 Å². The largest absolute Gasteiger partial charge is 0.315 e. The number of halogens is 2. The van der Waals surface area contributed by atoms with E-state index in [0.29, 0.717) is 17.4 Å². The Morgan fingerprint density at radius 3 is 2.74 bits per heavy atom. The number of carbonyl (C=O) groups excluding carboxylic acids is 1. The topological polar surface area (TPSA) is 50.2 Å². The molecule has 5 nitrogen and oxygen atoms in total. The van der Waals surface area contributed by atoms with Crippen LogP contribution in [0, 0.1) is 5.82 Å². The molecule has 7 heteroatoms. The van der Waals surface area contributed by atoms with Crippen LogP contribution in [-0.4, -0.2) is 35.8 Å². The Morgan fingerprint density at radius 2 is 2.09 bits per heavy atom. The Kier molecular flexibility index (Phi) is 5.74. The van der Waals surface area contributed by atoms with Gasteiger partial charge in [0.05, 0.1) is 6.04 Å². The first-order chi connectivity index (χ1) is 10.6. The lowest BCUT2D eigenvalue weighted by Gasteiger charge is -2.23. The van der Waals surface area contributed by atoms with Gasteiger partial charge >= 0.3 is 0 Å². The summed E-state index contributed by atoms with van der Waals surface area (Å²) < 4.78 is 14.8. The van der Waals surface area contributed by atoms with E-state index in [-0.39, 0.29) is 24.1 Å². The number of nitrogens with zero attached hydrogens (tertiary/aromatic N) is 3. The SMILES string of the molecule is CN(C(=O)c1ccn(C2CCCNC2)n1)c1ccc(F)cc1.Cl. The van der Waals surface area contributed by atoms with Gasteiger partial charge in [-0.05, 0) is 49.7 Å². The fourth-order valence-corrected chi connectivity index (χ4v) is 2.67. The monoisotopic (exact) mass is 338 g/mol. The summed E-state index contributed by atoms with van der Waals surface area (Å²) in [6, 6.07) is 7.87. The van der Waals surface area contributed by atoms with Gasteiger partial charge < -0.3 is 10.2 Å². The first-order valence-corrected chi connectivity index (χ1v) is 7.44. The van der Waals surface area contributed by atoms with Gasteiger partial charge in [-0.25, -0.2) is 4.39 Å². The van der Waals surface area contributed by atoms with E-state index in [1.54, 1.807) is 25.2 Å². The third kappa shape index (κ3) is 3.89. The van der Waals surface area contributed by atoms with E-state index in [0.717, 1.165) is 25.9 Å². The van der Waals surface area contributed by atoms with Gasteiger partial charge in [-0.15, -0.1) is 12.4 Å². The van der Waals surface area contributed by atoms with Gasteiger partial charge in [0.1, 0.15) is 5.82 Å². The first kappa shape index (κ1) is 17.4. The van der Waals surface area contributed by atoms with E-state index in [4.69, 9.17) is 0 Å². The minimum absolute atomic E-state index is 0. The Bertz CT molecular complexity index is 652. The van der Waals surface area contributed by atoms with Crippen molar-refractivity contribution in [3.05, 3.63) is 48.0 Å². The lowest BCUT2D eigenvalue weighted by molar-refractivity contribution is 0.0987. The van der Waals surface area contributed by atoms with Gasteiger partial charge in [0, 0.05) is 25.5 Å². The van der Waals surface area contributed by atoms with Crippen LogP contribution in [0.3, 0.4) is 0 Å². The maximum absolute atomic E-state index is 13.0. The summed E-state index contributed by atoms with van der Waals surface area (Å²) in [6.07, 6.45) is 4.03. The van der Waals surface area contributed by atoms with Crippen LogP contribution in [0.2, 0.25) is 0 Å². The van der Waals surface area contributed by atoms with Crippen LogP contribution in [-0.2, 0) is 0 Å². The zero-order valence-corrected chi connectivity index (χ0v) is 13.7. The molecule has 0 saturated carbocycles. The molecule has 2 aromatic rings. The number of nitrogens with one attached hydrogen (secondary N) is 1. The van der Waals surface area contributed by atoms with Crippen molar-refractivity contribution >= 4 is 24.0 Å². The molecule has 1 amide bonds. The Balaban J connectivity index is 0.00000192. The number of carbonyl (C=O) groups is 1. The Morgan fingerprint density at radius 1 is 1.35 bits per heavy atom. The van der Waals surface area contributed by atoms with Gasteiger partial charge in [-0.1, -0.05) is 0 Å². The van der Waals surface area contributed by atoms with E-state index >= 15 is 0 Å². The number of hydrogen-bond donors (Lipinski definition) is 1. The molecule has 1 atom stereocenters. The molecule has 1 N–H and O–H groups in total. The van der Waals surface area contributed by atoms with Crippen molar-refractivity contribution in [1.82, 2.24) is 15.1 Å². The molecule has 1 aliphatic rings. The summed E-state index contributed by atoms with van der Waals surface area (Å²) in [5.41, 5.74) is 1.04. The number of rotatable bonds is 3. The molecule has 1 fully saturated rings. The maximum Gasteiger partial charge on any atom is 0.278 e. The molecule has 1 saturated heterocycles. The number of benzene rings is 1. The second-order valence-electron chi connectivity index (χ2n) is 5.52. The summed E-state index contributed by atoms with van der Waals surface area (Å²) in [5, 5.41) is 7.74. The predicted octanol–water partition coefficient (Wildman–Crippen LogP) is 2.65. The first-order valence-electron chi connectivity index (χ1n) is 7.44. The van der Waals surface area contributed by atoms with Crippen LogP contribution in [0.15, 0.2) is 36.5 Å². The molecule has 2 heterocycles. The summed E-state index contributed by atoms with van der Waals surface area (Å²) in [4.78, 5) is 13.9. The number of hydrogen-bond acceptors (Lipinski definition) is 3.